The van der Waals surface area contributed by atoms with Gasteiger partial charge in [0, 0.05) is 13.0 Å². The van der Waals surface area contributed by atoms with Crippen LogP contribution in [0.1, 0.15) is 41.9 Å². The first-order chi connectivity index (χ1) is 10.0. The Morgan fingerprint density at radius 1 is 1.43 bits per heavy atom. The highest BCUT2D eigenvalue weighted by Crippen LogP contribution is 2.15. The standard InChI is InChI=1S/C12H18N8O/c1-7(2)11-14-4-8(18-13)10(17-11)12(21)15-5-9-16-6-20(3)19-9/h4,6-7,18H,5,13H2,1-3H3,(H,15,21). The van der Waals surface area contributed by atoms with Crippen molar-refractivity contribution in [3.8, 4) is 0 Å². The number of carbonyl (C=O) groups excluding carboxylic acids is 1. The zero-order valence-electron chi connectivity index (χ0n) is 12.2. The number of nitrogen functional groups attached to an aromatic ring is 1. The fraction of sp³-hybridized carbons (Fsp3) is 0.417. The smallest absolute Gasteiger partial charge is 0.272 e. The Balaban J connectivity index is 2.15. The van der Waals surface area contributed by atoms with E-state index in [9.17, 15) is 4.79 Å². The first-order valence-corrected chi connectivity index (χ1v) is 6.47. The lowest BCUT2D eigenvalue weighted by Gasteiger charge is -2.10. The van der Waals surface area contributed by atoms with E-state index in [4.69, 9.17) is 5.84 Å². The van der Waals surface area contributed by atoms with Crippen LogP contribution in [0.25, 0.3) is 0 Å². The minimum Gasteiger partial charge on any atom is -0.343 e. The van der Waals surface area contributed by atoms with E-state index >= 15 is 0 Å². The molecule has 2 rings (SSSR count). The summed E-state index contributed by atoms with van der Waals surface area (Å²) in [5, 5.41) is 6.79. The van der Waals surface area contributed by atoms with Gasteiger partial charge >= 0.3 is 0 Å². The molecule has 0 aromatic carbocycles. The van der Waals surface area contributed by atoms with Gasteiger partial charge in [0.1, 0.15) is 12.2 Å². The molecule has 0 saturated heterocycles. The van der Waals surface area contributed by atoms with E-state index in [1.807, 2.05) is 13.8 Å². The Hall–Kier alpha value is -2.55. The van der Waals surface area contributed by atoms with Crippen LogP contribution in [0.15, 0.2) is 12.5 Å². The fourth-order valence-electron chi connectivity index (χ4n) is 1.66. The molecule has 0 spiro atoms. The Labute approximate surface area is 122 Å². The van der Waals surface area contributed by atoms with Crippen LogP contribution in [0, 0.1) is 0 Å². The lowest BCUT2D eigenvalue weighted by molar-refractivity contribution is 0.0945. The number of nitrogens with two attached hydrogens (primary N) is 1. The van der Waals surface area contributed by atoms with Crippen molar-refractivity contribution >= 4 is 11.6 Å². The lowest BCUT2D eigenvalue weighted by atomic mass is 10.2. The monoisotopic (exact) mass is 290 g/mol. The summed E-state index contributed by atoms with van der Waals surface area (Å²) < 4.78 is 1.57. The maximum absolute atomic E-state index is 12.2. The average Bonchev–Trinajstić information content (AvgIpc) is 2.89. The van der Waals surface area contributed by atoms with E-state index in [-0.39, 0.29) is 24.1 Å². The van der Waals surface area contributed by atoms with Gasteiger partial charge in [-0.15, -0.1) is 0 Å². The maximum Gasteiger partial charge on any atom is 0.272 e. The van der Waals surface area contributed by atoms with Gasteiger partial charge in [0.05, 0.1) is 18.4 Å². The van der Waals surface area contributed by atoms with E-state index in [2.05, 4.69) is 30.8 Å². The summed E-state index contributed by atoms with van der Waals surface area (Å²) in [6, 6.07) is 0. The molecule has 1 amide bonds. The predicted molar refractivity (Wildman–Crippen MR) is 76.1 cm³/mol. The van der Waals surface area contributed by atoms with Crippen LogP contribution in [0.2, 0.25) is 0 Å². The summed E-state index contributed by atoms with van der Waals surface area (Å²) >= 11 is 0. The molecule has 0 radical (unpaired) electrons. The SMILES string of the molecule is CC(C)c1ncc(NN)c(C(=O)NCc2ncn(C)n2)n1. The van der Waals surface area contributed by atoms with Gasteiger partial charge in [-0.25, -0.2) is 15.0 Å². The molecule has 0 aliphatic rings. The molecule has 0 bridgehead atoms. The molecule has 4 N–H and O–H groups in total. The molecular weight excluding hydrogens is 272 g/mol. The normalized spacial score (nSPS) is 10.7. The number of nitrogens with one attached hydrogen (secondary N) is 2. The second-order valence-corrected chi connectivity index (χ2v) is 4.81. The van der Waals surface area contributed by atoms with Crippen LogP contribution >= 0.6 is 0 Å². The highest BCUT2D eigenvalue weighted by Gasteiger charge is 2.16. The zero-order valence-corrected chi connectivity index (χ0v) is 12.2. The molecule has 2 aromatic heterocycles. The Morgan fingerprint density at radius 3 is 2.76 bits per heavy atom. The third-order valence-corrected chi connectivity index (χ3v) is 2.75. The molecule has 21 heavy (non-hydrogen) atoms. The van der Waals surface area contributed by atoms with Crippen molar-refractivity contribution in [3.05, 3.63) is 29.9 Å². The van der Waals surface area contributed by atoms with Gasteiger partial charge in [-0.1, -0.05) is 13.8 Å². The van der Waals surface area contributed by atoms with Gasteiger partial charge in [-0.2, -0.15) is 5.10 Å². The van der Waals surface area contributed by atoms with Crippen LogP contribution in [0.4, 0.5) is 5.69 Å². The van der Waals surface area contributed by atoms with Gasteiger partial charge < -0.3 is 10.7 Å². The number of nitrogens with zero attached hydrogens (tertiary/aromatic N) is 5. The van der Waals surface area contributed by atoms with Crippen molar-refractivity contribution in [1.29, 1.82) is 0 Å². The number of amides is 1. The molecular formula is C12H18N8O. The van der Waals surface area contributed by atoms with E-state index < -0.39 is 0 Å². The summed E-state index contributed by atoms with van der Waals surface area (Å²) in [7, 11) is 1.76. The van der Waals surface area contributed by atoms with Crippen molar-refractivity contribution in [3.63, 3.8) is 0 Å². The molecule has 2 heterocycles. The van der Waals surface area contributed by atoms with Gasteiger partial charge in [-0.3, -0.25) is 15.3 Å². The van der Waals surface area contributed by atoms with Crippen LogP contribution in [-0.4, -0.2) is 30.6 Å². The molecule has 0 unspecified atom stereocenters. The minimum absolute atomic E-state index is 0.112. The molecule has 9 nitrogen and oxygen atoms in total. The Morgan fingerprint density at radius 2 is 2.19 bits per heavy atom. The van der Waals surface area contributed by atoms with Gasteiger partial charge in [0.2, 0.25) is 0 Å². The van der Waals surface area contributed by atoms with E-state index in [0.717, 1.165) is 0 Å². The molecule has 0 saturated carbocycles. The number of anilines is 1. The highest BCUT2D eigenvalue weighted by molar-refractivity contribution is 5.97. The predicted octanol–water partition coefficient (Wildman–Crippen LogP) is -0.0559. The maximum atomic E-state index is 12.2. The molecule has 0 aliphatic heterocycles. The Bertz CT molecular complexity index is 636. The highest BCUT2D eigenvalue weighted by atomic mass is 16.1. The zero-order chi connectivity index (χ0) is 15.4. The third-order valence-electron chi connectivity index (χ3n) is 2.75. The average molecular weight is 290 g/mol. The van der Waals surface area contributed by atoms with Gasteiger partial charge in [0.25, 0.3) is 5.91 Å². The van der Waals surface area contributed by atoms with Gasteiger partial charge in [-0.05, 0) is 0 Å². The van der Waals surface area contributed by atoms with Crippen molar-refractivity contribution < 1.29 is 4.79 Å². The number of aryl methyl sites for hydroxylation is 1. The first-order valence-electron chi connectivity index (χ1n) is 6.47. The summed E-state index contributed by atoms with van der Waals surface area (Å²) in [5.41, 5.74) is 2.99. The number of aromatic nitrogens is 5. The van der Waals surface area contributed by atoms with E-state index in [1.54, 1.807) is 18.1 Å². The molecule has 0 aliphatic carbocycles. The number of hydrogen-bond donors (Lipinski definition) is 3. The second kappa shape index (κ2) is 6.27. The quantitative estimate of drug-likeness (QED) is 0.520. The summed E-state index contributed by atoms with van der Waals surface area (Å²) in [6.07, 6.45) is 3.06. The van der Waals surface area contributed by atoms with Crippen LogP contribution in [0.5, 0.6) is 0 Å². The van der Waals surface area contributed by atoms with Crippen LogP contribution in [0.3, 0.4) is 0 Å². The van der Waals surface area contributed by atoms with Crippen molar-refractivity contribution in [2.45, 2.75) is 26.3 Å². The summed E-state index contributed by atoms with van der Waals surface area (Å²) in [6.45, 7) is 4.11. The summed E-state index contributed by atoms with van der Waals surface area (Å²) in [5.74, 6) is 6.24. The molecule has 9 heteroatoms. The molecule has 0 atom stereocenters. The number of hydrazine groups is 1. The summed E-state index contributed by atoms with van der Waals surface area (Å²) in [4.78, 5) is 24.7. The van der Waals surface area contributed by atoms with Crippen LogP contribution in [-0.2, 0) is 13.6 Å². The largest absolute Gasteiger partial charge is 0.343 e. The lowest BCUT2D eigenvalue weighted by Crippen LogP contribution is -2.27. The number of hydrogen-bond acceptors (Lipinski definition) is 7. The van der Waals surface area contributed by atoms with Crippen molar-refractivity contribution in [2.24, 2.45) is 12.9 Å². The van der Waals surface area contributed by atoms with E-state index in [1.165, 1.54) is 6.20 Å². The third kappa shape index (κ3) is 3.51. The topological polar surface area (TPSA) is 124 Å². The van der Waals surface area contributed by atoms with Gasteiger partial charge in [0.15, 0.2) is 11.5 Å². The first kappa shape index (κ1) is 14.9. The molecule has 0 fully saturated rings. The Kier molecular flexibility index (Phi) is 4.43. The minimum atomic E-state index is -0.361. The molecule has 112 valence electrons. The second-order valence-electron chi connectivity index (χ2n) is 4.81. The van der Waals surface area contributed by atoms with Crippen LogP contribution < -0.4 is 16.6 Å². The number of rotatable bonds is 5. The number of carbonyl (C=O) groups is 1. The van der Waals surface area contributed by atoms with Crippen molar-refractivity contribution in [2.75, 3.05) is 5.43 Å². The van der Waals surface area contributed by atoms with Crippen molar-refractivity contribution in [1.82, 2.24) is 30.0 Å². The molecule has 2 aromatic rings. The fourth-order valence-corrected chi connectivity index (χ4v) is 1.66. The van der Waals surface area contributed by atoms with E-state index in [0.29, 0.717) is 17.3 Å².